The Bertz CT molecular complexity index is 986. The number of imidazole rings is 1. The van der Waals surface area contributed by atoms with E-state index in [0.29, 0.717) is 5.57 Å². The van der Waals surface area contributed by atoms with Crippen LogP contribution in [0.4, 0.5) is 0 Å². The average molecular weight is 362 g/mol. The predicted octanol–water partition coefficient (Wildman–Crippen LogP) is 2.25. The normalized spacial score (nSPS) is 29.3. The summed E-state index contributed by atoms with van der Waals surface area (Å²) in [4.78, 5) is 16.8. The number of fused-ring (bicyclic) bond motifs is 3. The third kappa shape index (κ3) is 2.42. The summed E-state index contributed by atoms with van der Waals surface area (Å²) in [5.74, 6) is -0.306. The van der Waals surface area contributed by atoms with Gasteiger partial charge in [0.2, 0.25) is 5.82 Å². The molecule has 4 atom stereocenters. The van der Waals surface area contributed by atoms with Crippen molar-refractivity contribution >= 4 is 5.91 Å². The molecule has 3 N–H and O–H groups in total. The summed E-state index contributed by atoms with van der Waals surface area (Å²) >= 11 is 0. The van der Waals surface area contributed by atoms with Gasteiger partial charge in [-0.2, -0.15) is 5.26 Å². The molecule has 0 radical (unpaired) electrons. The Labute approximate surface area is 157 Å². The number of aliphatic hydroxyl groups excluding tert-OH is 1. The fourth-order valence-corrected chi connectivity index (χ4v) is 4.90. The highest BCUT2D eigenvalue weighted by molar-refractivity contribution is 5.90. The second-order valence-electron chi connectivity index (χ2n) is 7.71. The second kappa shape index (κ2) is 6.07. The molecule has 2 aliphatic carbocycles. The molecule has 0 fully saturated rings. The molecule has 1 unspecified atom stereocenters. The molecule has 0 saturated carbocycles. The van der Waals surface area contributed by atoms with E-state index in [4.69, 9.17) is 5.73 Å². The van der Waals surface area contributed by atoms with Crippen molar-refractivity contribution in [3.63, 3.8) is 0 Å². The van der Waals surface area contributed by atoms with E-state index in [0.717, 1.165) is 29.9 Å². The van der Waals surface area contributed by atoms with Crippen LogP contribution in [0.25, 0.3) is 5.69 Å². The lowest BCUT2D eigenvalue weighted by Crippen LogP contribution is -2.47. The maximum atomic E-state index is 12.1. The predicted molar refractivity (Wildman–Crippen MR) is 100 cm³/mol. The third-order valence-electron chi connectivity index (χ3n) is 6.22. The fourth-order valence-electron chi connectivity index (χ4n) is 4.90. The highest BCUT2D eigenvalue weighted by Gasteiger charge is 2.50. The highest BCUT2D eigenvalue weighted by atomic mass is 16.3. The topological polar surface area (TPSA) is 105 Å². The van der Waals surface area contributed by atoms with E-state index in [-0.39, 0.29) is 17.7 Å². The Morgan fingerprint density at radius 3 is 2.74 bits per heavy atom. The highest BCUT2D eigenvalue weighted by Crippen LogP contribution is 2.50. The van der Waals surface area contributed by atoms with Crippen LogP contribution in [0, 0.1) is 23.2 Å². The summed E-state index contributed by atoms with van der Waals surface area (Å²) in [6.07, 6.45) is 2.65. The van der Waals surface area contributed by atoms with Crippen molar-refractivity contribution in [1.82, 2.24) is 9.55 Å². The average Bonchev–Trinajstić information content (AvgIpc) is 3.07. The van der Waals surface area contributed by atoms with Gasteiger partial charge in [-0.1, -0.05) is 38.1 Å². The molecule has 0 spiro atoms. The number of rotatable bonds is 2. The number of amides is 1. The van der Waals surface area contributed by atoms with E-state index in [2.05, 4.69) is 11.1 Å². The molecule has 6 nitrogen and oxygen atoms in total. The summed E-state index contributed by atoms with van der Waals surface area (Å²) in [5.41, 5.74) is 8.06. The number of aliphatic hydroxyl groups is 1. The van der Waals surface area contributed by atoms with Gasteiger partial charge in [-0.05, 0) is 36.8 Å². The van der Waals surface area contributed by atoms with E-state index in [1.54, 1.807) is 0 Å². The number of primary amides is 1. The molecule has 6 heteroatoms. The lowest BCUT2D eigenvalue weighted by molar-refractivity contribution is 0.0668. The molecule has 2 aromatic rings. The minimum Gasteiger partial charge on any atom is -0.387 e. The van der Waals surface area contributed by atoms with Crippen molar-refractivity contribution in [1.29, 1.82) is 5.26 Å². The number of para-hydroxylation sites is 1. The van der Waals surface area contributed by atoms with Gasteiger partial charge in [0, 0.05) is 16.8 Å². The molecular formula is C21H22N4O2. The Kier molecular flexibility index (Phi) is 3.93. The van der Waals surface area contributed by atoms with E-state index < -0.39 is 17.4 Å². The molecule has 2 aliphatic rings. The van der Waals surface area contributed by atoms with E-state index in [9.17, 15) is 15.2 Å². The lowest BCUT2D eigenvalue weighted by atomic mass is 9.58. The van der Waals surface area contributed by atoms with E-state index in [1.807, 2.05) is 54.8 Å². The van der Waals surface area contributed by atoms with Crippen LogP contribution in [0.2, 0.25) is 0 Å². The largest absolute Gasteiger partial charge is 0.387 e. The van der Waals surface area contributed by atoms with Crippen molar-refractivity contribution < 1.29 is 9.90 Å². The zero-order valence-electron chi connectivity index (χ0n) is 15.4. The molecule has 0 bridgehead atoms. The van der Waals surface area contributed by atoms with Crippen molar-refractivity contribution in [2.24, 2.45) is 17.6 Å². The second-order valence-corrected chi connectivity index (χ2v) is 7.71. The number of carbonyl (C=O) groups is 1. The number of nitriles is 1. The van der Waals surface area contributed by atoms with Crippen LogP contribution < -0.4 is 5.73 Å². The Morgan fingerprint density at radius 1 is 1.41 bits per heavy atom. The zero-order chi connectivity index (χ0) is 19.3. The number of aromatic nitrogens is 2. The first-order valence-electron chi connectivity index (χ1n) is 9.16. The van der Waals surface area contributed by atoms with Crippen LogP contribution in [0.15, 0.2) is 42.0 Å². The van der Waals surface area contributed by atoms with Gasteiger partial charge in [0.05, 0.1) is 23.4 Å². The summed E-state index contributed by atoms with van der Waals surface area (Å²) in [7, 11) is 0. The molecule has 1 amide bonds. The summed E-state index contributed by atoms with van der Waals surface area (Å²) < 4.78 is 1.84. The number of hydrogen-bond donors (Lipinski definition) is 2. The molecule has 138 valence electrons. The lowest BCUT2D eigenvalue weighted by Gasteiger charge is -2.46. The maximum absolute atomic E-state index is 12.1. The first-order chi connectivity index (χ1) is 12.9. The van der Waals surface area contributed by atoms with Crippen molar-refractivity contribution in [3.8, 4) is 11.8 Å². The summed E-state index contributed by atoms with van der Waals surface area (Å²) in [6, 6.07) is 11.7. The third-order valence-corrected chi connectivity index (χ3v) is 6.22. The van der Waals surface area contributed by atoms with Gasteiger partial charge < -0.3 is 10.8 Å². The SMILES string of the molecule is C[C@@H]1C(O)C(C#N)=C[C@]2(C)c3nc(C(N)=O)n(-c4ccccc4)c3CC[C@@H]12. The molecule has 0 saturated heterocycles. The van der Waals surface area contributed by atoms with Crippen LogP contribution >= 0.6 is 0 Å². The van der Waals surface area contributed by atoms with Gasteiger partial charge >= 0.3 is 0 Å². The Balaban J connectivity index is 1.99. The zero-order valence-corrected chi connectivity index (χ0v) is 15.4. The number of nitrogens with zero attached hydrogens (tertiary/aromatic N) is 3. The maximum Gasteiger partial charge on any atom is 0.285 e. The fraction of sp³-hybridized carbons (Fsp3) is 0.381. The number of benzene rings is 1. The monoisotopic (exact) mass is 362 g/mol. The van der Waals surface area contributed by atoms with Gasteiger partial charge in [-0.25, -0.2) is 4.98 Å². The molecule has 1 aromatic heterocycles. The van der Waals surface area contributed by atoms with Crippen LogP contribution in [-0.4, -0.2) is 26.7 Å². The summed E-state index contributed by atoms with van der Waals surface area (Å²) in [5, 5.41) is 20.0. The molecule has 27 heavy (non-hydrogen) atoms. The first kappa shape index (κ1) is 17.5. The molecule has 0 aliphatic heterocycles. The van der Waals surface area contributed by atoms with Crippen molar-refractivity contribution in [3.05, 3.63) is 59.2 Å². The number of hydrogen-bond acceptors (Lipinski definition) is 4. The molecule has 4 rings (SSSR count). The van der Waals surface area contributed by atoms with Gasteiger partial charge in [-0.15, -0.1) is 0 Å². The Morgan fingerprint density at radius 2 is 2.11 bits per heavy atom. The van der Waals surface area contributed by atoms with Crippen LogP contribution in [-0.2, 0) is 11.8 Å². The van der Waals surface area contributed by atoms with Gasteiger partial charge in [0.25, 0.3) is 5.91 Å². The molecule has 1 heterocycles. The standard InChI is InChI=1S/C21H22N4O2/c1-12-15-8-9-16-18(21(15,2)10-13(11-22)17(12)26)24-20(19(23)27)25(16)14-6-4-3-5-7-14/h3-7,10,12,15,17,26H,8-9H2,1-2H3,(H2,23,27)/t12-,15-,17?,21-/m0/s1. The molecule has 1 aromatic carbocycles. The van der Waals surface area contributed by atoms with E-state index >= 15 is 0 Å². The van der Waals surface area contributed by atoms with Gasteiger partial charge in [0.15, 0.2) is 0 Å². The van der Waals surface area contributed by atoms with E-state index in [1.165, 1.54) is 0 Å². The smallest absolute Gasteiger partial charge is 0.285 e. The minimum atomic E-state index is -0.763. The van der Waals surface area contributed by atoms with Crippen LogP contribution in [0.1, 0.15) is 42.3 Å². The number of nitrogens with two attached hydrogens (primary N) is 1. The van der Waals surface area contributed by atoms with Gasteiger partial charge in [-0.3, -0.25) is 9.36 Å². The number of carbonyl (C=O) groups excluding carboxylic acids is 1. The Hall–Kier alpha value is -2.91. The minimum absolute atomic E-state index is 0.0679. The van der Waals surface area contributed by atoms with Crippen molar-refractivity contribution in [2.75, 3.05) is 0 Å². The van der Waals surface area contributed by atoms with Gasteiger partial charge in [0.1, 0.15) is 0 Å². The summed E-state index contributed by atoms with van der Waals surface area (Å²) in [6.45, 7) is 4.02. The quantitative estimate of drug-likeness (QED) is 0.855. The van der Waals surface area contributed by atoms with Crippen LogP contribution in [0.5, 0.6) is 0 Å². The number of allylic oxidation sites excluding steroid dienone is 1. The van der Waals surface area contributed by atoms with Crippen molar-refractivity contribution in [2.45, 2.75) is 38.2 Å². The first-order valence-corrected chi connectivity index (χ1v) is 9.16. The molecular weight excluding hydrogens is 340 g/mol. The van der Waals surface area contributed by atoms with Crippen LogP contribution in [0.3, 0.4) is 0 Å².